The van der Waals surface area contributed by atoms with Gasteiger partial charge in [-0.1, -0.05) is 48.0 Å². The molecule has 1 N–H and O–H groups in total. The molecule has 5 nitrogen and oxygen atoms in total. The average molecular weight is 433 g/mol. The topological polar surface area (TPSA) is 71.3 Å². The number of halogens is 1. The van der Waals surface area contributed by atoms with E-state index in [-0.39, 0.29) is 5.57 Å². The molecule has 0 aromatic heterocycles. The maximum Gasteiger partial charge on any atom is 0.266 e. The van der Waals surface area contributed by atoms with E-state index in [1.807, 2.05) is 43.3 Å². The van der Waals surface area contributed by atoms with Crippen LogP contribution in [-0.4, -0.2) is 13.0 Å². The molecule has 0 aliphatic rings. The Morgan fingerprint density at radius 3 is 2.58 bits per heavy atom. The van der Waals surface area contributed by atoms with Crippen LogP contribution in [0.1, 0.15) is 16.7 Å². The van der Waals surface area contributed by atoms with Crippen molar-refractivity contribution in [3.8, 4) is 17.6 Å². The van der Waals surface area contributed by atoms with Gasteiger partial charge in [0.2, 0.25) is 0 Å². The Hall–Kier alpha value is -3.75. The fraction of sp³-hybridized carbons (Fsp3) is 0.120. The number of carbonyl (C=O) groups is 1. The van der Waals surface area contributed by atoms with Crippen LogP contribution < -0.4 is 14.8 Å². The van der Waals surface area contributed by atoms with Gasteiger partial charge in [-0.2, -0.15) is 5.26 Å². The van der Waals surface area contributed by atoms with Crippen molar-refractivity contribution in [2.45, 2.75) is 13.5 Å². The van der Waals surface area contributed by atoms with Crippen molar-refractivity contribution in [2.24, 2.45) is 0 Å². The molecule has 0 fully saturated rings. The number of amides is 1. The molecular weight excluding hydrogens is 412 g/mol. The molecule has 6 heteroatoms. The van der Waals surface area contributed by atoms with Crippen molar-refractivity contribution in [1.82, 2.24) is 0 Å². The van der Waals surface area contributed by atoms with Crippen LogP contribution in [0.3, 0.4) is 0 Å². The van der Waals surface area contributed by atoms with Crippen LogP contribution in [0.2, 0.25) is 5.02 Å². The predicted octanol–water partition coefficient (Wildman–Crippen LogP) is 5.78. The minimum absolute atomic E-state index is 0.0635. The molecule has 3 aromatic carbocycles. The van der Waals surface area contributed by atoms with E-state index >= 15 is 0 Å². The SMILES string of the molecule is COc1ccc(/C=C(\C#N)C(=O)Nc2ccc(C)c(Cl)c2)c(OCc2ccccc2)c1. The number of hydrogen-bond acceptors (Lipinski definition) is 4. The Bertz CT molecular complexity index is 1150. The second kappa shape index (κ2) is 10.3. The number of anilines is 1. The molecule has 0 bridgehead atoms. The smallest absolute Gasteiger partial charge is 0.266 e. The molecule has 0 unspecified atom stereocenters. The number of nitrogens with zero attached hydrogens (tertiary/aromatic N) is 1. The van der Waals surface area contributed by atoms with Crippen molar-refractivity contribution in [3.63, 3.8) is 0 Å². The van der Waals surface area contributed by atoms with Gasteiger partial charge in [-0.25, -0.2) is 0 Å². The number of nitrogens with one attached hydrogen (secondary N) is 1. The highest BCUT2D eigenvalue weighted by Crippen LogP contribution is 2.28. The number of aryl methyl sites for hydroxylation is 1. The van der Waals surface area contributed by atoms with Crippen LogP contribution in [0.15, 0.2) is 72.3 Å². The average Bonchev–Trinajstić information content (AvgIpc) is 2.79. The fourth-order valence-electron chi connectivity index (χ4n) is 2.79. The summed E-state index contributed by atoms with van der Waals surface area (Å²) in [4.78, 5) is 12.6. The first-order chi connectivity index (χ1) is 15.0. The van der Waals surface area contributed by atoms with Gasteiger partial charge in [0, 0.05) is 22.3 Å². The zero-order valence-electron chi connectivity index (χ0n) is 17.2. The largest absolute Gasteiger partial charge is 0.497 e. The first kappa shape index (κ1) is 21.9. The third-order valence-corrected chi connectivity index (χ3v) is 4.96. The molecule has 31 heavy (non-hydrogen) atoms. The van der Waals surface area contributed by atoms with Crippen LogP contribution in [0.5, 0.6) is 11.5 Å². The quantitative estimate of drug-likeness (QED) is 0.379. The van der Waals surface area contributed by atoms with Gasteiger partial charge in [0.05, 0.1) is 7.11 Å². The molecule has 0 saturated carbocycles. The second-order valence-corrected chi connectivity index (χ2v) is 7.17. The van der Waals surface area contributed by atoms with Crippen LogP contribution in [-0.2, 0) is 11.4 Å². The highest BCUT2D eigenvalue weighted by atomic mass is 35.5. The summed E-state index contributed by atoms with van der Waals surface area (Å²) in [5.41, 5.74) is 2.93. The van der Waals surface area contributed by atoms with Gasteiger partial charge in [-0.05, 0) is 48.4 Å². The van der Waals surface area contributed by atoms with Crippen LogP contribution in [0, 0.1) is 18.3 Å². The summed E-state index contributed by atoms with van der Waals surface area (Å²) < 4.78 is 11.2. The standard InChI is InChI=1S/C25H21ClN2O3/c1-17-8-10-21(13-23(17)26)28-25(29)20(15-27)12-19-9-11-22(30-2)14-24(19)31-16-18-6-4-3-5-7-18/h3-14H,16H2,1-2H3,(H,28,29)/b20-12+. The molecular formula is C25H21ClN2O3. The highest BCUT2D eigenvalue weighted by molar-refractivity contribution is 6.31. The van der Waals surface area contributed by atoms with Crippen molar-refractivity contribution in [2.75, 3.05) is 12.4 Å². The van der Waals surface area contributed by atoms with Gasteiger partial charge in [0.15, 0.2) is 0 Å². The second-order valence-electron chi connectivity index (χ2n) is 6.77. The van der Waals surface area contributed by atoms with E-state index in [1.54, 1.807) is 43.5 Å². The number of carbonyl (C=O) groups excluding carboxylic acids is 1. The molecule has 0 spiro atoms. The number of nitriles is 1. The third-order valence-electron chi connectivity index (χ3n) is 4.55. The van der Waals surface area contributed by atoms with E-state index < -0.39 is 5.91 Å². The summed E-state index contributed by atoms with van der Waals surface area (Å²) in [7, 11) is 1.56. The summed E-state index contributed by atoms with van der Waals surface area (Å²) in [6.45, 7) is 2.21. The lowest BCUT2D eigenvalue weighted by molar-refractivity contribution is -0.112. The van der Waals surface area contributed by atoms with Crippen LogP contribution >= 0.6 is 11.6 Å². The van der Waals surface area contributed by atoms with Crippen LogP contribution in [0.25, 0.3) is 6.08 Å². The van der Waals surface area contributed by atoms with E-state index in [0.717, 1.165) is 11.1 Å². The highest BCUT2D eigenvalue weighted by Gasteiger charge is 2.13. The van der Waals surface area contributed by atoms with Gasteiger partial charge < -0.3 is 14.8 Å². The van der Waals surface area contributed by atoms with Gasteiger partial charge in [0.1, 0.15) is 29.7 Å². The summed E-state index contributed by atoms with van der Waals surface area (Å²) in [5, 5.41) is 12.8. The molecule has 156 valence electrons. The van der Waals surface area contributed by atoms with E-state index in [1.165, 1.54) is 6.08 Å². The lowest BCUT2D eigenvalue weighted by atomic mass is 10.1. The molecule has 0 radical (unpaired) electrons. The maximum absolute atomic E-state index is 12.6. The van der Waals surface area contributed by atoms with Crippen molar-refractivity contribution in [3.05, 3.63) is 94.0 Å². The van der Waals surface area contributed by atoms with E-state index in [2.05, 4.69) is 5.32 Å². The Balaban J connectivity index is 1.85. The summed E-state index contributed by atoms with van der Waals surface area (Å²) in [6.07, 6.45) is 1.49. The van der Waals surface area contributed by atoms with Gasteiger partial charge >= 0.3 is 0 Å². The zero-order valence-corrected chi connectivity index (χ0v) is 17.9. The normalized spacial score (nSPS) is 10.8. The number of benzene rings is 3. The summed E-state index contributed by atoms with van der Waals surface area (Å²) in [6, 6.07) is 22.0. The van der Waals surface area contributed by atoms with Gasteiger partial charge in [-0.15, -0.1) is 0 Å². The molecule has 0 atom stereocenters. The number of hydrogen-bond donors (Lipinski definition) is 1. The minimum atomic E-state index is -0.535. The lowest BCUT2D eigenvalue weighted by Gasteiger charge is -2.12. The summed E-state index contributed by atoms with van der Waals surface area (Å²) in [5.74, 6) is 0.576. The first-order valence-corrected chi connectivity index (χ1v) is 9.92. The number of rotatable bonds is 7. The lowest BCUT2D eigenvalue weighted by Crippen LogP contribution is -2.13. The van der Waals surface area contributed by atoms with E-state index in [0.29, 0.717) is 34.4 Å². The Labute approximate surface area is 186 Å². The van der Waals surface area contributed by atoms with E-state index in [4.69, 9.17) is 21.1 Å². The zero-order chi connectivity index (χ0) is 22.2. The van der Waals surface area contributed by atoms with Crippen molar-refractivity contribution in [1.29, 1.82) is 5.26 Å². The Kier molecular flexibility index (Phi) is 7.31. The monoisotopic (exact) mass is 432 g/mol. The molecule has 0 heterocycles. The molecule has 0 aliphatic heterocycles. The minimum Gasteiger partial charge on any atom is -0.497 e. The summed E-state index contributed by atoms with van der Waals surface area (Å²) >= 11 is 6.12. The van der Waals surface area contributed by atoms with Gasteiger partial charge in [0.25, 0.3) is 5.91 Å². The van der Waals surface area contributed by atoms with E-state index in [9.17, 15) is 10.1 Å². The third kappa shape index (κ3) is 5.88. The molecule has 1 amide bonds. The molecule has 3 rings (SSSR count). The Morgan fingerprint density at radius 2 is 1.90 bits per heavy atom. The first-order valence-electron chi connectivity index (χ1n) is 9.54. The molecule has 0 aliphatic carbocycles. The van der Waals surface area contributed by atoms with Crippen molar-refractivity contribution >= 4 is 29.3 Å². The number of methoxy groups -OCH3 is 1. The molecule has 0 saturated heterocycles. The molecule has 3 aromatic rings. The van der Waals surface area contributed by atoms with Gasteiger partial charge in [-0.3, -0.25) is 4.79 Å². The maximum atomic E-state index is 12.6. The van der Waals surface area contributed by atoms with Crippen LogP contribution in [0.4, 0.5) is 5.69 Å². The predicted molar refractivity (Wildman–Crippen MR) is 122 cm³/mol. The number of ether oxygens (including phenoxy) is 2. The Morgan fingerprint density at radius 1 is 1.13 bits per heavy atom. The van der Waals surface area contributed by atoms with Crippen molar-refractivity contribution < 1.29 is 14.3 Å². The fourth-order valence-corrected chi connectivity index (χ4v) is 2.97.